The first kappa shape index (κ1) is 14.1. The first-order valence-corrected chi connectivity index (χ1v) is 7.34. The number of carbonyl (C=O) groups excluding carboxylic acids is 1. The largest absolute Gasteiger partial charge is 0.481 e. The minimum absolute atomic E-state index is 0.0237. The van der Waals surface area contributed by atoms with Crippen LogP contribution in [0.3, 0.4) is 0 Å². The molecule has 1 saturated carbocycles. The van der Waals surface area contributed by atoms with Crippen LogP contribution in [0.5, 0.6) is 0 Å². The van der Waals surface area contributed by atoms with E-state index in [0.717, 1.165) is 12.0 Å². The molecule has 1 aromatic rings. The molecule has 4 nitrogen and oxygen atoms in total. The van der Waals surface area contributed by atoms with Gasteiger partial charge in [-0.2, -0.15) is 0 Å². The number of benzene rings is 1. The van der Waals surface area contributed by atoms with Gasteiger partial charge in [0.25, 0.3) is 0 Å². The number of aliphatic carboxylic acids is 1. The predicted molar refractivity (Wildman–Crippen MR) is 80.2 cm³/mol. The molecular formula is C16H16ClNO3. The number of hydrogen-bond donors (Lipinski definition) is 2. The van der Waals surface area contributed by atoms with Crippen molar-refractivity contribution in [2.75, 3.05) is 5.32 Å². The van der Waals surface area contributed by atoms with Gasteiger partial charge in [0.15, 0.2) is 0 Å². The summed E-state index contributed by atoms with van der Waals surface area (Å²) in [6.07, 6.45) is 4.65. The van der Waals surface area contributed by atoms with Gasteiger partial charge in [-0.05, 0) is 42.9 Å². The fourth-order valence-electron chi connectivity index (χ4n) is 3.48. The van der Waals surface area contributed by atoms with Crippen LogP contribution < -0.4 is 5.32 Å². The van der Waals surface area contributed by atoms with Crippen LogP contribution in [0.25, 0.3) is 0 Å². The lowest BCUT2D eigenvalue weighted by Gasteiger charge is -2.24. The van der Waals surface area contributed by atoms with E-state index < -0.39 is 17.8 Å². The number of anilines is 1. The number of nitrogens with one attached hydrogen (secondary N) is 1. The van der Waals surface area contributed by atoms with Crippen LogP contribution in [0, 0.1) is 30.6 Å². The Labute approximate surface area is 127 Å². The van der Waals surface area contributed by atoms with E-state index in [0.29, 0.717) is 10.7 Å². The highest BCUT2D eigenvalue weighted by atomic mass is 35.5. The normalized spacial score (nSPS) is 29.6. The van der Waals surface area contributed by atoms with Gasteiger partial charge in [-0.1, -0.05) is 29.8 Å². The van der Waals surface area contributed by atoms with Crippen LogP contribution in [0.15, 0.2) is 30.4 Å². The van der Waals surface area contributed by atoms with E-state index >= 15 is 0 Å². The molecule has 3 rings (SSSR count). The zero-order valence-electron chi connectivity index (χ0n) is 11.5. The third-order valence-electron chi connectivity index (χ3n) is 4.57. The fourth-order valence-corrected chi connectivity index (χ4v) is 3.65. The van der Waals surface area contributed by atoms with Crippen LogP contribution in [0.4, 0.5) is 5.69 Å². The Morgan fingerprint density at radius 1 is 1.24 bits per heavy atom. The Morgan fingerprint density at radius 3 is 2.57 bits per heavy atom. The summed E-state index contributed by atoms with van der Waals surface area (Å²) in [7, 11) is 0. The summed E-state index contributed by atoms with van der Waals surface area (Å²) in [5.74, 6) is -2.26. The molecule has 1 aromatic carbocycles. The lowest BCUT2D eigenvalue weighted by molar-refractivity contribution is -0.146. The summed E-state index contributed by atoms with van der Waals surface area (Å²) in [4.78, 5) is 24.0. The molecule has 2 N–H and O–H groups in total. The van der Waals surface area contributed by atoms with E-state index in [9.17, 15) is 14.7 Å². The van der Waals surface area contributed by atoms with Crippen LogP contribution in [-0.4, -0.2) is 17.0 Å². The third kappa shape index (κ3) is 2.33. The van der Waals surface area contributed by atoms with E-state index in [4.69, 9.17) is 11.6 Å². The molecular weight excluding hydrogens is 290 g/mol. The van der Waals surface area contributed by atoms with E-state index in [1.807, 2.05) is 19.1 Å². The van der Waals surface area contributed by atoms with Crippen LogP contribution in [0.2, 0.25) is 5.02 Å². The summed E-state index contributed by atoms with van der Waals surface area (Å²) < 4.78 is 0. The second-order valence-corrected chi connectivity index (χ2v) is 6.15. The maximum absolute atomic E-state index is 12.5. The molecule has 0 heterocycles. The van der Waals surface area contributed by atoms with Crippen LogP contribution in [0.1, 0.15) is 12.0 Å². The number of rotatable bonds is 3. The Kier molecular flexibility index (Phi) is 3.49. The van der Waals surface area contributed by atoms with E-state index in [1.54, 1.807) is 18.2 Å². The number of carbonyl (C=O) groups is 2. The van der Waals surface area contributed by atoms with E-state index in [1.165, 1.54) is 0 Å². The van der Waals surface area contributed by atoms with Crippen molar-refractivity contribution >= 4 is 29.2 Å². The second-order valence-electron chi connectivity index (χ2n) is 5.74. The molecule has 0 aliphatic heterocycles. The van der Waals surface area contributed by atoms with Crippen molar-refractivity contribution in [3.63, 3.8) is 0 Å². The molecule has 1 fully saturated rings. The second kappa shape index (κ2) is 5.19. The number of carboxylic acid groups (broad SMARTS) is 1. The van der Waals surface area contributed by atoms with Gasteiger partial charge in [0.2, 0.25) is 5.91 Å². The Morgan fingerprint density at radius 2 is 1.90 bits per heavy atom. The van der Waals surface area contributed by atoms with Gasteiger partial charge in [-0.15, -0.1) is 0 Å². The maximum atomic E-state index is 12.5. The quantitative estimate of drug-likeness (QED) is 0.843. The highest BCUT2D eigenvalue weighted by molar-refractivity contribution is 6.31. The van der Waals surface area contributed by atoms with Crippen molar-refractivity contribution in [1.29, 1.82) is 0 Å². The number of carboxylic acids is 1. The minimum Gasteiger partial charge on any atom is -0.481 e. The first-order valence-electron chi connectivity index (χ1n) is 6.96. The highest BCUT2D eigenvalue weighted by Gasteiger charge is 2.51. The smallest absolute Gasteiger partial charge is 0.307 e. The molecule has 0 unspecified atom stereocenters. The summed E-state index contributed by atoms with van der Waals surface area (Å²) in [6.45, 7) is 1.83. The Hall–Kier alpha value is -1.81. The standard InChI is InChI=1S/C16H16ClNO3/c1-8-11(17)3-2-4-12(8)18-15(19)13-9-5-6-10(7-9)14(13)16(20)21/h2-6,9-10,13-14H,7H2,1H3,(H,18,19)(H,20,21)/t9-,10+,13+,14-/m0/s1. The summed E-state index contributed by atoms with van der Waals surface area (Å²) >= 11 is 6.04. The van der Waals surface area contributed by atoms with Crippen LogP contribution in [-0.2, 0) is 9.59 Å². The average Bonchev–Trinajstić information content (AvgIpc) is 3.04. The summed E-state index contributed by atoms with van der Waals surface area (Å²) in [5.41, 5.74) is 1.43. The minimum atomic E-state index is -0.894. The van der Waals surface area contributed by atoms with Crippen molar-refractivity contribution < 1.29 is 14.7 Å². The van der Waals surface area contributed by atoms with E-state index in [-0.39, 0.29) is 17.7 Å². The number of hydrogen-bond acceptors (Lipinski definition) is 2. The SMILES string of the molecule is Cc1c(Cl)cccc1NC(=O)[C@H]1[C@@H](C(=O)O)[C@@H]2C=C[C@H]1C2. The number of amides is 1. The number of allylic oxidation sites excluding steroid dienone is 2. The van der Waals surface area contributed by atoms with Crippen molar-refractivity contribution in [2.45, 2.75) is 13.3 Å². The fraction of sp³-hybridized carbons (Fsp3) is 0.375. The molecule has 2 bridgehead atoms. The first-order chi connectivity index (χ1) is 9.99. The van der Waals surface area contributed by atoms with Crippen molar-refractivity contribution in [1.82, 2.24) is 0 Å². The molecule has 0 spiro atoms. The molecule has 21 heavy (non-hydrogen) atoms. The predicted octanol–water partition coefficient (Wildman–Crippen LogP) is 3.11. The van der Waals surface area contributed by atoms with Crippen molar-refractivity contribution in [3.8, 4) is 0 Å². The molecule has 110 valence electrons. The van der Waals surface area contributed by atoms with Gasteiger partial charge in [0.1, 0.15) is 0 Å². The Bertz CT molecular complexity index is 640. The summed E-state index contributed by atoms with van der Waals surface area (Å²) in [5, 5.41) is 12.8. The number of halogens is 1. The third-order valence-corrected chi connectivity index (χ3v) is 4.98. The van der Waals surface area contributed by atoms with Gasteiger partial charge in [-0.3, -0.25) is 9.59 Å². The molecule has 2 aliphatic carbocycles. The highest BCUT2D eigenvalue weighted by Crippen LogP contribution is 2.48. The van der Waals surface area contributed by atoms with Gasteiger partial charge in [-0.25, -0.2) is 0 Å². The van der Waals surface area contributed by atoms with Gasteiger partial charge in [0, 0.05) is 10.7 Å². The van der Waals surface area contributed by atoms with E-state index in [2.05, 4.69) is 5.32 Å². The van der Waals surface area contributed by atoms with Crippen molar-refractivity contribution in [2.24, 2.45) is 23.7 Å². The van der Waals surface area contributed by atoms with Gasteiger partial charge >= 0.3 is 5.97 Å². The molecule has 5 heteroatoms. The molecule has 4 atom stereocenters. The molecule has 1 amide bonds. The average molecular weight is 306 g/mol. The maximum Gasteiger partial charge on any atom is 0.307 e. The van der Waals surface area contributed by atoms with Gasteiger partial charge in [0.05, 0.1) is 11.8 Å². The zero-order chi connectivity index (χ0) is 15.1. The van der Waals surface area contributed by atoms with Gasteiger partial charge < -0.3 is 10.4 Å². The lowest BCUT2D eigenvalue weighted by Crippen LogP contribution is -2.36. The summed E-state index contributed by atoms with van der Waals surface area (Å²) in [6, 6.07) is 5.30. The monoisotopic (exact) mass is 305 g/mol. The molecule has 2 aliphatic rings. The molecule has 0 saturated heterocycles. The number of fused-ring (bicyclic) bond motifs is 2. The topological polar surface area (TPSA) is 66.4 Å². The Balaban J connectivity index is 1.84. The molecule has 0 radical (unpaired) electrons. The zero-order valence-corrected chi connectivity index (χ0v) is 12.3. The van der Waals surface area contributed by atoms with Crippen LogP contribution >= 0.6 is 11.6 Å². The molecule has 0 aromatic heterocycles. The van der Waals surface area contributed by atoms with Crippen molar-refractivity contribution in [3.05, 3.63) is 40.9 Å². The lowest BCUT2D eigenvalue weighted by atomic mass is 9.82.